The zero-order valence-corrected chi connectivity index (χ0v) is 18.4. The normalized spacial score (nSPS) is 13.5. The van der Waals surface area contributed by atoms with Crippen molar-refractivity contribution in [3.8, 4) is 11.5 Å². The molecule has 0 atom stereocenters. The number of aryl methyl sites for hydroxylation is 1. The second-order valence-corrected chi connectivity index (χ2v) is 8.10. The van der Waals surface area contributed by atoms with Gasteiger partial charge in [-0.3, -0.25) is 0 Å². The van der Waals surface area contributed by atoms with Gasteiger partial charge in [0, 0.05) is 10.8 Å². The van der Waals surface area contributed by atoms with Crippen LogP contribution in [0.3, 0.4) is 0 Å². The molecule has 4 aromatic rings. The third-order valence-corrected chi connectivity index (χ3v) is 5.87. The fourth-order valence-electron chi connectivity index (χ4n) is 4.06. The van der Waals surface area contributed by atoms with E-state index in [-0.39, 0.29) is 0 Å². The van der Waals surface area contributed by atoms with Crippen molar-refractivity contribution in [1.82, 2.24) is 0 Å². The van der Waals surface area contributed by atoms with Crippen molar-refractivity contribution in [2.45, 2.75) is 26.7 Å². The largest absolute Gasteiger partial charge is 0.448 e. The molecule has 0 unspecified atom stereocenters. The van der Waals surface area contributed by atoms with Crippen LogP contribution in [0.4, 0.5) is 0 Å². The molecule has 3 aromatic carbocycles. The smallest absolute Gasteiger partial charge is 0.343 e. The fourth-order valence-corrected chi connectivity index (χ4v) is 4.06. The Hall–Kier alpha value is -4.12. The lowest BCUT2D eigenvalue weighted by molar-refractivity contribution is -0.129. The van der Waals surface area contributed by atoms with Crippen molar-refractivity contribution in [3.63, 3.8) is 0 Å². The van der Waals surface area contributed by atoms with E-state index in [1.54, 1.807) is 30.3 Å². The van der Waals surface area contributed by atoms with Crippen LogP contribution in [0.25, 0.3) is 21.9 Å². The summed E-state index contributed by atoms with van der Waals surface area (Å²) >= 11 is 0. The van der Waals surface area contributed by atoms with Crippen molar-refractivity contribution in [1.29, 1.82) is 0 Å². The van der Waals surface area contributed by atoms with E-state index in [1.165, 1.54) is 0 Å². The number of allylic oxidation sites excluding steroid dienone is 2. The van der Waals surface area contributed by atoms with E-state index in [0.717, 1.165) is 34.8 Å². The topological polar surface area (TPSA) is 65.7 Å². The van der Waals surface area contributed by atoms with Crippen LogP contribution < -0.4 is 9.47 Å². The molecule has 0 spiro atoms. The summed E-state index contributed by atoms with van der Waals surface area (Å²) in [4.78, 5) is 25.6. The second-order valence-electron chi connectivity index (χ2n) is 8.10. The van der Waals surface area contributed by atoms with Gasteiger partial charge in [0.05, 0.1) is 11.1 Å². The van der Waals surface area contributed by atoms with Crippen molar-refractivity contribution in [2.75, 3.05) is 0 Å². The molecule has 164 valence electrons. The Kier molecular flexibility index (Phi) is 5.31. The molecule has 0 bridgehead atoms. The quantitative estimate of drug-likeness (QED) is 0.262. The number of furan rings is 1. The van der Waals surface area contributed by atoms with Crippen LogP contribution in [0, 0.1) is 6.92 Å². The highest BCUT2D eigenvalue weighted by atomic mass is 16.5. The van der Waals surface area contributed by atoms with E-state index in [4.69, 9.17) is 13.9 Å². The summed E-state index contributed by atoms with van der Waals surface area (Å²) in [5.41, 5.74) is 3.75. The molecular weight excluding hydrogens is 416 g/mol. The van der Waals surface area contributed by atoms with Crippen LogP contribution >= 0.6 is 0 Å². The summed E-state index contributed by atoms with van der Waals surface area (Å²) in [5, 5.41) is 1.54. The van der Waals surface area contributed by atoms with Crippen molar-refractivity contribution < 1.29 is 23.5 Å². The maximum atomic E-state index is 12.8. The Balaban J connectivity index is 1.53. The van der Waals surface area contributed by atoms with E-state index in [1.807, 2.05) is 56.3 Å². The van der Waals surface area contributed by atoms with Gasteiger partial charge in [0.2, 0.25) is 0 Å². The zero-order valence-electron chi connectivity index (χ0n) is 18.4. The Bertz CT molecular complexity index is 1470. The minimum atomic E-state index is -0.459. The maximum Gasteiger partial charge on any atom is 0.343 e. The highest BCUT2D eigenvalue weighted by molar-refractivity contribution is 6.10. The van der Waals surface area contributed by atoms with Crippen LogP contribution in [-0.2, 0) is 4.79 Å². The van der Waals surface area contributed by atoms with Gasteiger partial charge in [-0.05, 0) is 50.5 Å². The number of carbonyl (C=O) groups is 2. The lowest BCUT2D eigenvalue weighted by Crippen LogP contribution is -2.13. The van der Waals surface area contributed by atoms with Crippen molar-refractivity contribution in [2.24, 2.45) is 0 Å². The maximum absolute atomic E-state index is 12.8. The molecule has 5 heteroatoms. The predicted octanol–water partition coefficient (Wildman–Crippen LogP) is 6.69. The summed E-state index contributed by atoms with van der Waals surface area (Å²) in [5.74, 6) is -0.242. The van der Waals surface area contributed by atoms with Gasteiger partial charge in [-0.15, -0.1) is 0 Å². The molecule has 5 rings (SSSR count). The molecule has 0 saturated carbocycles. The number of rotatable bonds is 4. The molecular formula is C28H22O5. The van der Waals surface area contributed by atoms with Crippen LogP contribution in [-0.4, -0.2) is 11.9 Å². The first kappa shape index (κ1) is 20.8. The van der Waals surface area contributed by atoms with E-state index in [0.29, 0.717) is 33.8 Å². The van der Waals surface area contributed by atoms with E-state index < -0.39 is 11.9 Å². The molecule has 1 aliphatic rings. The summed E-state index contributed by atoms with van der Waals surface area (Å²) in [6.45, 7) is 3.80. The number of fused-ring (bicyclic) bond motifs is 3. The first-order chi connectivity index (χ1) is 16.0. The molecule has 0 fully saturated rings. The lowest BCUT2D eigenvalue weighted by Gasteiger charge is -2.11. The molecule has 0 radical (unpaired) electrons. The van der Waals surface area contributed by atoms with Crippen molar-refractivity contribution >= 4 is 33.9 Å². The first-order valence-electron chi connectivity index (χ1n) is 10.8. The van der Waals surface area contributed by atoms with E-state index >= 15 is 0 Å². The van der Waals surface area contributed by atoms with E-state index in [9.17, 15) is 9.59 Å². The van der Waals surface area contributed by atoms with Crippen LogP contribution in [0.5, 0.6) is 11.5 Å². The molecule has 0 aliphatic heterocycles. The average molecular weight is 438 g/mol. The summed E-state index contributed by atoms with van der Waals surface area (Å²) < 4.78 is 17.5. The molecule has 1 heterocycles. The molecule has 5 nitrogen and oxygen atoms in total. The lowest BCUT2D eigenvalue weighted by atomic mass is 9.99. The predicted molar refractivity (Wildman–Crippen MR) is 127 cm³/mol. The third-order valence-electron chi connectivity index (χ3n) is 5.87. The molecule has 1 aromatic heterocycles. The summed E-state index contributed by atoms with van der Waals surface area (Å²) in [6.07, 6.45) is 5.54. The number of benzene rings is 3. The molecule has 0 saturated heterocycles. The Morgan fingerprint density at radius 2 is 1.42 bits per heavy atom. The van der Waals surface area contributed by atoms with Crippen LogP contribution in [0.1, 0.15) is 35.7 Å². The number of para-hydroxylation sites is 2. The van der Waals surface area contributed by atoms with Crippen LogP contribution in [0.2, 0.25) is 0 Å². The average Bonchev–Trinajstić information content (AvgIpc) is 3.20. The fraction of sp³-hybridized carbons (Fsp3) is 0.143. The summed E-state index contributed by atoms with van der Waals surface area (Å²) in [7, 11) is 0. The number of hydrogen-bond donors (Lipinski definition) is 0. The number of carbonyl (C=O) groups excluding carboxylic acids is 2. The van der Waals surface area contributed by atoms with Gasteiger partial charge in [0.1, 0.15) is 0 Å². The van der Waals surface area contributed by atoms with Gasteiger partial charge in [-0.25, -0.2) is 9.59 Å². The number of hydrogen-bond acceptors (Lipinski definition) is 5. The zero-order chi connectivity index (χ0) is 22.9. The van der Waals surface area contributed by atoms with Gasteiger partial charge < -0.3 is 13.9 Å². The minimum absolute atomic E-state index is 0.308. The Morgan fingerprint density at radius 1 is 0.788 bits per heavy atom. The monoisotopic (exact) mass is 438 g/mol. The highest BCUT2D eigenvalue weighted by Gasteiger charge is 2.21. The van der Waals surface area contributed by atoms with Gasteiger partial charge in [-0.1, -0.05) is 60.2 Å². The molecule has 0 N–H and O–H groups in total. The number of esters is 2. The SMILES string of the molecule is CC1=C(C(=O)Oc2cccc3c2oc2c(OC(=O)c4ccccc4C)cccc23)C=CCC1. The Labute approximate surface area is 190 Å². The van der Waals surface area contributed by atoms with Crippen molar-refractivity contribution in [3.05, 3.63) is 95.1 Å². The standard InChI is InChI=1S/C28H22O5/c1-17-9-3-5-11-19(17)27(29)31-23-15-7-13-21-22-14-8-16-24(26(22)33-25(21)23)32-28(30)20-12-6-4-10-18(20)2/h3,5-9,11-16H,4,10H2,1-2H3. The van der Waals surface area contributed by atoms with Gasteiger partial charge in [0.15, 0.2) is 22.7 Å². The summed E-state index contributed by atoms with van der Waals surface area (Å²) in [6, 6.07) is 18.0. The van der Waals surface area contributed by atoms with Gasteiger partial charge in [-0.2, -0.15) is 0 Å². The molecule has 1 aliphatic carbocycles. The second kappa shape index (κ2) is 8.43. The van der Waals surface area contributed by atoms with E-state index in [2.05, 4.69) is 0 Å². The first-order valence-corrected chi connectivity index (χ1v) is 10.8. The number of ether oxygens (including phenoxy) is 2. The van der Waals surface area contributed by atoms with Gasteiger partial charge >= 0.3 is 11.9 Å². The van der Waals surface area contributed by atoms with Crippen LogP contribution in [0.15, 0.2) is 88.4 Å². The molecule has 0 amide bonds. The van der Waals surface area contributed by atoms with Gasteiger partial charge in [0.25, 0.3) is 0 Å². The third kappa shape index (κ3) is 3.82. The minimum Gasteiger partial charge on any atom is -0.448 e. The Morgan fingerprint density at radius 3 is 2.06 bits per heavy atom. The highest BCUT2D eigenvalue weighted by Crippen LogP contribution is 2.39. The molecule has 33 heavy (non-hydrogen) atoms.